The molecule has 0 N–H and O–H groups in total. The highest BCUT2D eigenvalue weighted by atomic mass is 35.5. The van der Waals surface area contributed by atoms with Crippen molar-refractivity contribution in [3.8, 4) is 0 Å². The Morgan fingerprint density at radius 1 is 1.34 bits per heavy atom. The normalized spacial score (nSPS) is 20.7. The van der Waals surface area contributed by atoms with Crippen LogP contribution in [0.1, 0.15) is 35.6 Å². The van der Waals surface area contributed by atoms with Crippen LogP contribution < -0.4 is 4.98 Å². The lowest BCUT2D eigenvalue weighted by atomic mass is 10.0. The van der Waals surface area contributed by atoms with Gasteiger partial charge in [-0.3, -0.25) is 4.68 Å². The zero-order chi connectivity index (χ0) is 20.7. The van der Waals surface area contributed by atoms with Gasteiger partial charge in [-0.15, -0.1) is 0 Å². The number of fused-ring (bicyclic) bond motifs is 1. The summed E-state index contributed by atoms with van der Waals surface area (Å²) in [5.41, 5.74) is 3.22. The average molecular weight is 426 g/mol. The molecule has 4 rings (SSSR count). The molecule has 0 aromatic carbocycles. The quantitative estimate of drug-likeness (QED) is 0.419. The summed E-state index contributed by atoms with van der Waals surface area (Å²) < 4.78 is 53.1. The standard InChI is InChI=1S/C20H18ClF4N4/c1-10-4-11(8-29-9-14-16(28-29)2-3-26-19(14)21)7-27-18(10)13-5-12(13)6-15(22)17(23)20(24)25/h2-4,9,12-13,15,17,20H,5-6,8H2,1H3/q+1. The molecule has 3 heterocycles. The summed E-state index contributed by atoms with van der Waals surface area (Å²) in [6.07, 6.45) is -1.40. The van der Waals surface area contributed by atoms with Gasteiger partial charge in [-0.05, 0) is 42.8 Å². The molecule has 4 nitrogen and oxygen atoms in total. The molecule has 0 amide bonds. The highest BCUT2D eigenvalue weighted by Gasteiger charge is 2.48. The molecule has 29 heavy (non-hydrogen) atoms. The third-order valence-corrected chi connectivity index (χ3v) is 5.57. The summed E-state index contributed by atoms with van der Waals surface area (Å²) >= 11 is 6.07. The lowest BCUT2D eigenvalue weighted by Gasteiger charge is -2.11. The maximum absolute atomic E-state index is 13.6. The Kier molecular flexibility index (Phi) is 5.34. The van der Waals surface area contributed by atoms with Gasteiger partial charge >= 0.3 is 11.9 Å². The highest BCUT2D eigenvalue weighted by Crippen LogP contribution is 2.50. The molecule has 152 valence electrons. The Balaban J connectivity index is 1.43. The topological polar surface area (TPSA) is 44.8 Å². The summed E-state index contributed by atoms with van der Waals surface area (Å²) in [6, 6.07) is 3.70. The molecular formula is C20H18ClF4N4+. The van der Waals surface area contributed by atoms with E-state index in [1.807, 2.05) is 13.0 Å². The fraction of sp³-hybridized carbons (Fsp3) is 0.450. The van der Waals surface area contributed by atoms with Gasteiger partial charge < -0.3 is 0 Å². The Bertz CT molecular complexity index is 1020. The van der Waals surface area contributed by atoms with Crippen LogP contribution in [0.2, 0.25) is 5.15 Å². The summed E-state index contributed by atoms with van der Waals surface area (Å²) in [5.74, 6) is -0.209. The van der Waals surface area contributed by atoms with E-state index in [-0.39, 0.29) is 18.3 Å². The molecule has 0 bridgehead atoms. The molecule has 0 aliphatic heterocycles. The number of hydrogen-bond acceptors (Lipinski definition) is 2. The van der Waals surface area contributed by atoms with E-state index in [0.717, 1.165) is 27.7 Å². The van der Waals surface area contributed by atoms with Crippen molar-refractivity contribution < 1.29 is 22.5 Å². The van der Waals surface area contributed by atoms with Gasteiger partial charge in [-0.25, -0.2) is 22.5 Å². The van der Waals surface area contributed by atoms with E-state index in [0.29, 0.717) is 18.1 Å². The minimum atomic E-state index is -3.29. The lowest BCUT2D eigenvalue weighted by Crippen LogP contribution is -2.25. The van der Waals surface area contributed by atoms with Crippen LogP contribution in [-0.2, 0) is 6.54 Å². The van der Waals surface area contributed by atoms with Gasteiger partial charge in [0, 0.05) is 18.0 Å². The molecule has 0 saturated heterocycles. The Morgan fingerprint density at radius 3 is 2.83 bits per heavy atom. The predicted octanol–water partition coefficient (Wildman–Crippen LogP) is 4.28. The largest absolute Gasteiger partial charge is 0.323 e. The van der Waals surface area contributed by atoms with Crippen LogP contribution in [0.5, 0.6) is 0 Å². The zero-order valence-corrected chi connectivity index (χ0v) is 16.3. The second-order valence-corrected chi connectivity index (χ2v) is 7.81. The van der Waals surface area contributed by atoms with E-state index in [9.17, 15) is 17.6 Å². The first kappa shape index (κ1) is 19.9. The van der Waals surface area contributed by atoms with Gasteiger partial charge in [0.25, 0.3) is 6.43 Å². The van der Waals surface area contributed by atoms with Crippen LogP contribution in [0.3, 0.4) is 0 Å². The van der Waals surface area contributed by atoms with Crippen molar-refractivity contribution in [2.75, 3.05) is 0 Å². The van der Waals surface area contributed by atoms with E-state index in [4.69, 9.17) is 11.6 Å². The fourth-order valence-electron chi connectivity index (χ4n) is 3.68. The van der Waals surface area contributed by atoms with Gasteiger partial charge in [0.2, 0.25) is 0 Å². The number of pyridine rings is 1. The summed E-state index contributed by atoms with van der Waals surface area (Å²) in [5, 5.41) is 5.59. The molecule has 0 spiro atoms. The third kappa shape index (κ3) is 4.15. The molecule has 0 radical (unpaired) electrons. The van der Waals surface area contributed by atoms with Crippen LogP contribution in [0.15, 0.2) is 24.5 Å². The van der Waals surface area contributed by atoms with Gasteiger partial charge in [0.1, 0.15) is 16.9 Å². The van der Waals surface area contributed by atoms with Crippen molar-refractivity contribution in [2.24, 2.45) is 5.92 Å². The van der Waals surface area contributed by atoms with Crippen molar-refractivity contribution >= 4 is 22.5 Å². The van der Waals surface area contributed by atoms with E-state index in [1.165, 1.54) is 0 Å². The smallest absolute Gasteiger partial charge is 0.266 e. The molecular weight excluding hydrogens is 408 g/mol. The van der Waals surface area contributed by atoms with Crippen molar-refractivity contribution in [3.63, 3.8) is 0 Å². The summed E-state index contributed by atoms with van der Waals surface area (Å²) in [4.78, 5) is 8.40. The number of halogens is 5. The number of alkyl halides is 4. The van der Waals surface area contributed by atoms with E-state index < -0.39 is 18.8 Å². The first-order valence-electron chi connectivity index (χ1n) is 9.25. The van der Waals surface area contributed by atoms with Crippen LogP contribution in [-0.4, -0.2) is 33.5 Å². The molecule has 9 heteroatoms. The van der Waals surface area contributed by atoms with Crippen molar-refractivity contribution in [2.45, 2.75) is 51.0 Å². The van der Waals surface area contributed by atoms with Crippen LogP contribution in [0, 0.1) is 19.0 Å². The van der Waals surface area contributed by atoms with E-state index in [2.05, 4.69) is 21.3 Å². The minimum absolute atomic E-state index is 0.0411. The van der Waals surface area contributed by atoms with Gasteiger partial charge in [0.05, 0.1) is 23.4 Å². The second kappa shape index (κ2) is 7.79. The number of nitrogens with zero attached hydrogens (tertiary/aromatic N) is 4. The van der Waals surface area contributed by atoms with Crippen LogP contribution >= 0.6 is 11.6 Å². The third-order valence-electron chi connectivity index (χ3n) is 5.27. The second-order valence-electron chi connectivity index (χ2n) is 7.46. The van der Waals surface area contributed by atoms with Crippen LogP contribution in [0.25, 0.3) is 10.9 Å². The van der Waals surface area contributed by atoms with Crippen molar-refractivity contribution in [3.05, 3.63) is 52.7 Å². The van der Waals surface area contributed by atoms with Crippen molar-refractivity contribution in [1.82, 2.24) is 14.8 Å². The Hall–Kier alpha value is -2.40. The molecule has 1 aliphatic rings. The van der Waals surface area contributed by atoms with Crippen molar-refractivity contribution in [1.29, 1.82) is 0 Å². The summed E-state index contributed by atoms with van der Waals surface area (Å²) in [7, 11) is 0. The predicted molar refractivity (Wildman–Crippen MR) is 98.5 cm³/mol. The number of aromatic nitrogens is 4. The number of aryl methyl sites for hydroxylation is 1. The van der Waals surface area contributed by atoms with Crippen LogP contribution in [0.4, 0.5) is 17.6 Å². The monoisotopic (exact) mass is 425 g/mol. The first-order valence-corrected chi connectivity index (χ1v) is 9.63. The molecule has 1 fully saturated rings. The Morgan fingerprint density at radius 2 is 2.14 bits per heavy atom. The maximum Gasteiger partial charge on any atom is 0.323 e. The lowest BCUT2D eigenvalue weighted by molar-refractivity contribution is -0.310. The molecule has 1 aliphatic carbocycles. The Labute approximate surface area is 169 Å². The van der Waals surface area contributed by atoms with E-state index in [1.54, 1.807) is 23.1 Å². The summed E-state index contributed by atoms with van der Waals surface area (Å²) in [6.45, 7) is 2.33. The molecule has 1 saturated carbocycles. The average Bonchev–Trinajstić information content (AvgIpc) is 3.28. The molecule has 4 unspecified atom stereocenters. The van der Waals surface area contributed by atoms with E-state index >= 15 is 0 Å². The number of rotatable bonds is 7. The molecule has 4 atom stereocenters. The van der Waals surface area contributed by atoms with Gasteiger partial charge in [-0.1, -0.05) is 11.6 Å². The first-order chi connectivity index (χ1) is 13.8. The minimum Gasteiger partial charge on any atom is -0.266 e. The van der Waals surface area contributed by atoms with Gasteiger partial charge in [-0.2, -0.15) is 5.10 Å². The van der Waals surface area contributed by atoms with Gasteiger partial charge in [0.15, 0.2) is 6.17 Å². The highest BCUT2D eigenvalue weighted by molar-refractivity contribution is 6.34. The zero-order valence-electron chi connectivity index (χ0n) is 15.5. The number of hydrogen-bond donors (Lipinski definition) is 0. The fourth-order valence-corrected chi connectivity index (χ4v) is 3.88. The molecule has 3 aromatic heterocycles. The molecule has 3 aromatic rings. The SMILES string of the molecule is Cc1cc(Cn2cc3c(Cl)nccc3n2)c#[n+]c1C1CC1CC(F)C(F)C(F)F. The maximum atomic E-state index is 13.6.